The summed E-state index contributed by atoms with van der Waals surface area (Å²) < 4.78 is 1.05. The Balaban J connectivity index is 1.89. The third-order valence-corrected chi connectivity index (χ3v) is 4.13. The Labute approximate surface area is 130 Å². The molecular weight excluding hydrogens is 336 g/mol. The molecule has 0 atom stereocenters. The Kier molecular flexibility index (Phi) is 3.90. The van der Waals surface area contributed by atoms with Crippen LogP contribution in [0.5, 0.6) is 0 Å². The summed E-state index contributed by atoms with van der Waals surface area (Å²) in [4.78, 5) is 4.36. The van der Waals surface area contributed by atoms with Crippen LogP contribution in [0.1, 0.15) is 5.56 Å². The Morgan fingerprint density at radius 2 is 2.00 bits per heavy atom. The first-order chi connectivity index (χ1) is 9.74. The van der Waals surface area contributed by atoms with Crippen LogP contribution in [0.2, 0.25) is 5.02 Å². The standard InChI is InChI=1S/C16H12BrClN2/c17-14-7-6-12(18)9-11(14)10-20-16-5-1-4-15-13(16)3-2-8-19-15/h1-9,20H,10H2. The van der Waals surface area contributed by atoms with Crippen LogP contribution < -0.4 is 5.32 Å². The lowest BCUT2D eigenvalue weighted by atomic mass is 10.1. The van der Waals surface area contributed by atoms with Gasteiger partial charge in [0.1, 0.15) is 0 Å². The molecule has 1 aromatic heterocycles. The number of halogens is 2. The van der Waals surface area contributed by atoms with Crippen LogP contribution in [0.15, 0.2) is 59.2 Å². The summed E-state index contributed by atoms with van der Waals surface area (Å²) in [7, 11) is 0. The number of nitrogens with zero attached hydrogens (tertiary/aromatic N) is 1. The van der Waals surface area contributed by atoms with Crippen molar-refractivity contribution in [2.24, 2.45) is 0 Å². The molecule has 0 aliphatic rings. The van der Waals surface area contributed by atoms with Gasteiger partial charge in [0.05, 0.1) is 5.52 Å². The fourth-order valence-corrected chi connectivity index (χ4v) is 2.71. The van der Waals surface area contributed by atoms with Crippen LogP contribution in [0.3, 0.4) is 0 Å². The maximum absolute atomic E-state index is 6.04. The number of hydrogen-bond donors (Lipinski definition) is 1. The van der Waals surface area contributed by atoms with Crippen molar-refractivity contribution in [2.45, 2.75) is 6.54 Å². The second kappa shape index (κ2) is 5.81. The smallest absolute Gasteiger partial charge is 0.0722 e. The van der Waals surface area contributed by atoms with Crippen molar-refractivity contribution in [1.82, 2.24) is 4.98 Å². The van der Waals surface area contributed by atoms with Gasteiger partial charge in [0.15, 0.2) is 0 Å². The van der Waals surface area contributed by atoms with Gasteiger partial charge in [0.2, 0.25) is 0 Å². The second-order valence-electron chi connectivity index (χ2n) is 4.46. The van der Waals surface area contributed by atoms with Crippen molar-refractivity contribution in [3.8, 4) is 0 Å². The molecule has 3 rings (SSSR count). The zero-order valence-corrected chi connectivity index (χ0v) is 12.9. The van der Waals surface area contributed by atoms with Crippen LogP contribution in [0, 0.1) is 0 Å². The minimum atomic E-state index is 0.704. The molecule has 1 N–H and O–H groups in total. The van der Waals surface area contributed by atoms with E-state index in [4.69, 9.17) is 11.6 Å². The number of fused-ring (bicyclic) bond motifs is 1. The zero-order chi connectivity index (χ0) is 13.9. The number of benzene rings is 2. The van der Waals surface area contributed by atoms with Crippen molar-refractivity contribution in [3.63, 3.8) is 0 Å². The molecule has 20 heavy (non-hydrogen) atoms. The largest absolute Gasteiger partial charge is 0.380 e. The molecule has 4 heteroatoms. The lowest BCUT2D eigenvalue weighted by molar-refractivity contribution is 1.14. The van der Waals surface area contributed by atoms with Crippen molar-refractivity contribution < 1.29 is 0 Å². The number of hydrogen-bond acceptors (Lipinski definition) is 2. The average Bonchev–Trinajstić information content (AvgIpc) is 2.48. The third-order valence-electron chi connectivity index (χ3n) is 3.12. The molecule has 1 heterocycles. The molecule has 2 aromatic carbocycles. The second-order valence-corrected chi connectivity index (χ2v) is 5.76. The first-order valence-corrected chi connectivity index (χ1v) is 7.43. The fourth-order valence-electron chi connectivity index (χ4n) is 2.13. The van der Waals surface area contributed by atoms with Crippen molar-refractivity contribution in [2.75, 3.05) is 5.32 Å². The van der Waals surface area contributed by atoms with Crippen molar-refractivity contribution in [1.29, 1.82) is 0 Å². The molecule has 0 fully saturated rings. The fraction of sp³-hybridized carbons (Fsp3) is 0.0625. The predicted molar refractivity (Wildman–Crippen MR) is 88.2 cm³/mol. The summed E-state index contributed by atoms with van der Waals surface area (Å²) in [5, 5.41) is 5.30. The Morgan fingerprint density at radius 1 is 1.10 bits per heavy atom. The quantitative estimate of drug-likeness (QED) is 0.699. The number of anilines is 1. The maximum atomic E-state index is 6.04. The molecule has 0 aliphatic carbocycles. The number of rotatable bonds is 3. The highest BCUT2D eigenvalue weighted by Crippen LogP contribution is 2.25. The van der Waals surface area contributed by atoms with Crippen LogP contribution in [-0.2, 0) is 6.54 Å². The van der Waals surface area contributed by atoms with E-state index >= 15 is 0 Å². The van der Waals surface area contributed by atoms with Gasteiger partial charge in [-0.2, -0.15) is 0 Å². The van der Waals surface area contributed by atoms with E-state index < -0.39 is 0 Å². The summed E-state index contributed by atoms with van der Waals surface area (Å²) in [6.45, 7) is 0.704. The van der Waals surface area contributed by atoms with E-state index in [1.54, 1.807) is 6.20 Å². The van der Waals surface area contributed by atoms with Gasteiger partial charge in [-0.3, -0.25) is 4.98 Å². The zero-order valence-electron chi connectivity index (χ0n) is 10.6. The van der Waals surface area contributed by atoms with Gasteiger partial charge in [0.25, 0.3) is 0 Å². The minimum absolute atomic E-state index is 0.704. The Bertz CT molecular complexity index is 753. The molecule has 0 spiro atoms. The average molecular weight is 348 g/mol. The summed E-state index contributed by atoms with van der Waals surface area (Å²) >= 11 is 9.58. The molecule has 0 unspecified atom stereocenters. The highest BCUT2D eigenvalue weighted by Gasteiger charge is 2.04. The Morgan fingerprint density at radius 3 is 2.90 bits per heavy atom. The molecule has 0 saturated carbocycles. The van der Waals surface area contributed by atoms with Crippen molar-refractivity contribution >= 4 is 44.1 Å². The number of pyridine rings is 1. The summed E-state index contributed by atoms with van der Waals surface area (Å²) in [5.41, 5.74) is 3.18. The van der Waals surface area contributed by atoms with E-state index in [0.29, 0.717) is 6.54 Å². The van der Waals surface area contributed by atoms with Gasteiger partial charge in [-0.05, 0) is 48.0 Å². The third kappa shape index (κ3) is 2.79. The van der Waals surface area contributed by atoms with Gasteiger partial charge in [0, 0.05) is 33.3 Å². The number of aromatic nitrogens is 1. The lowest BCUT2D eigenvalue weighted by Gasteiger charge is -2.11. The van der Waals surface area contributed by atoms with Crippen molar-refractivity contribution in [3.05, 3.63) is 69.8 Å². The summed E-state index contributed by atoms with van der Waals surface area (Å²) in [6, 6.07) is 15.9. The van der Waals surface area contributed by atoms with E-state index in [0.717, 1.165) is 31.6 Å². The summed E-state index contributed by atoms with van der Waals surface area (Å²) in [5.74, 6) is 0. The van der Waals surface area contributed by atoms with Gasteiger partial charge in [-0.15, -0.1) is 0 Å². The van der Waals surface area contributed by atoms with E-state index in [-0.39, 0.29) is 0 Å². The highest BCUT2D eigenvalue weighted by atomic mass is 79.9. The van der Waals surface area contributed by atoms with E-state index in [2.05, 4.69) is 38.4 Å². The van der Waals surface area contributed by atoms with Crippen LogP contribution >= 0.6 is 27.5 Å². The molecule has 3 aromatic rings. The Hall–Kier alpha value is -1.58. The molecule has 0 amide bonds. The normalized spacial score (nSPS) is 10.7. The van der Waals surface area contributed by atoms with E-state index in [1.807, 2.05) is 36.4 Å². The summed E-state index contributed by atoms with van der Waals surface area (Å²) in [6.07, 6.45) is 1.81. The highest BCUT2D eigenvalue weighted by molar-refractivity contribution is 9.10. The molecule has 0 saturated heterocycles. The monoisotopic (exact) mass is 346 g/mol. The van der Waals surface area contributed by atoms with Crippen LogP contribution in [-0.4, -0.2) is 4.98 Å². The molecular formula is C16H12BrClN2. The van der Waals surface area contributed by atoms with Gasteiger partial charge in [-0.25, -0.2) is 0 Å². The topological polar surface area (TPSA) is 24.9 Å². The first kappa shape index (κ1) is 13.4. The maximum Gasteiger partial charge on any atom is 0.0722 e. The molecule has 2 nitrogen and oxygen atoms in total. The molecule has 100 valence electrons. The van der Waals surface area contributed by atoms with Gasteiger partial charge in [-0.1, -0.05) is 33.6 Å². The number of nitrogens with one attached hydrogen (secondary N) is 1. The molecule has 0 radical (unpaired) electrons. The van der Waals surface area contributed by atoms with Crippen LogP contribution in [0.25, 0.3) is 10.9 Å². The van der Waals surface area contributed by atoms with E-state index in [1.165, 1.54) is 0 Å². The van der Waals surface area contributed by atoms with E-state index in [9.17, 15) is 0 Å². The van der Waals surface area contributed by atoms with Crippen LogP contribution in [0.4, 0.5) is 5.69 Å². The van der Waals surface area contributed by atoms with Gasteiger partial charge < -0.3 is 5.32 Å². The SMILES string of the molecule is Clc1ccc(Br)c(CNc2cccc3ncccc23)c1. The predicted octanol–water partition coefficient (Wildman–Crippen LogP) is 5.26. The molecule has 0 bridgehead atoms. The lowest BCUT2D eigenvalue weighted by Crippen LogP contribution is -2.01. The minimum Gasteiger partial charge on any atom is -0.380 e. The van der Waals surface area contributed by atoms with Gasteiger partial charge >= 0.3 is 0 Å². The molecule has 0 aliphatic heterocycles. The first-order valence-electron chi connectivity index (χ1n) is 6.25.